The quantitative estimate of drug-likeness (QED) is 0.547. The van der Waals surface area contributed by atoms with Crippen molar-refractivity contribution in [2.45, 2.75) is 64.2 Å². The third-order valence-electron chi connectivity index (χ3n) is 6.07. The van der Waals surface area contributed by atoms with Crippen LogP contribution in [-0.2, 0) is 14.1 Å². The van der Waals surface area contributed by atoms with Gasteiger partial charge in [-0.25, -0.2) is 9.97 Å². The number of alkyl halides is 1. The molecule has 0 aromatic carbocycles. The summed E-state index contributed by atoms with van der Waals surface area (Å²) < 4.78 is 12.1. The SMILES string of the molecule is CN(C[C@@H]1CCCCN1C(=O)CCl)c1ncc(B2OC(C)(C)C(C)(C)O2)cn1. The number of carbonyl (C=O) groups is 1. The monoisotopic (exact) mass is 408 g/mol. The Hall–Kier alpha value is -1.38. The maximum atomic E-state index is 12.1. The fourth-order valence-corrected chi connectivity index (χ4v) is 3.78. The first-order valence-corrected chi connectivity index (χ1v) is 10.4. The van der Waals surface area contributed by atoms with Gasteiger partial charge in [-0.1, -0.05) is 0 Å². The van der Waals surface area contributed by atoms with Crippen molar-refractivity contribution < 1.29 is 14.1 Å². The van der Waals surface area contributed by atoms with E-state index in [0.29, 0.717) is 12.5 Å². The summed E-state index contributed by atoms with van der Waals surface area (Å²) in [6.07, 6.45) is 6.63. The van der Waals surface area contributed by atoms with E-state index in [-0.39, 0.29) is 17.8 Å². The largest absolute Gasteiger partial charge is 0.498 e. The standard InChI is InChI=1S/C19H30BClN4O3/c1-18(2)19(3,4)28-20(27-18)14-11-22-17(23-12-14)24(5)13-15-8-6-7-9-25(15)16(26)10-21/h11-12,15H,6-10,13H2,1-5H3/t15-/m0/s1. The highest BCUT2D eigenvalue weighted by Crippen LogP contribution is 2.36. The van der Waals surface area contributed by atoms with Gasteiger partial charge in [0, 0.05) is 44.0 Å². The summed E-state index contributed by atoms with van der Waals surface area (Å²) >= 11 is 5.77. The molecule has 7 nitrogen and oxygen atoms in total. The minimum Gasteiger partial charge on any atom is -0.399 e. The molecule has 2 saturated heterocycles. The topological polar surface area (TPSA) is 67.8 Å². The van der Waals surface area contributed by atoms with Crippen LogP contribution in [0, 0.1) is 0 Å². The minimum absolute atomic E-state index is 0.00297. The van der Waals surface area contributed by atoms with Crippen molar-refractivity contribution in [2.75, 3.05) is 30.9 Å². The number of hydrogen-bond acceptors (Lipinski definition) is 6. The van der Waals surface area contributed by atoms with Gasteiger partial charge in [-0.05, 0) is 47.0 Å². The molecule has 0 spiro atoms. The van der Waals surface area contributed by atoms with Crippen molar-refractivity contribution in [2.24, 2.45) is 0 Å². The molecule has 1 amide bonds. The number of rotatable bonds is 5. The van der Waals surface area contributed by atoms with Crippen molar-refractivity contribution in [3.05, 3.63) is 12.4 Å². The number of likely N-dealkylation sites (tertiary alicyclic amines) is 1. The summed E-state index contributed by atoms with van der Waals surface area (Å²) in [5, 5.41) is 0. The Morgan fingerprint density at radius 2 is 1.86 bits per heavy atom. The highest BCUT2D eigenvalue weighted by Gasteiger charge is 2.52. The molecule has 0 aliphatic carbocycles. The molecule has 9 heteroatoms. The molecule has 1 atom stereocenters. The van der Waals surface area contributed by atoms with Gasteiger partial charge in [0.05, 0.1) is 11.2 Å². The van der Waals surface area contributed by atoms with Gasteiger partial charge in [0.25, 0.3) is 0 Å². The average Bonchev–Trinajstić information content (AvgIpc) is 2.89. The predicted molar refractivity (Wildman–Crippen MR) is 111 cm³/mol. The number of nitrogens with zero attached hydrogens (tertiary/aromatic N) is 4. The summed E-state index contributed by atoms with van der Waals surface area (Å²) in [6, 6.07) is 0.136. The number of hydrogen-bond donors (Lipinski definition) is 0. The molecule has 0 N–H and O–H groups in total. The summed E-state index contributed by atoms with van der Waals surface area (Å²) in [7, 11) is 1.47. The molecule has 0 radical (unpaired) electrons. The molecule has 3 heterocycles. The van der Waals surface area contributed by atoms with Gasteiger partial charge in [-0.3, -0.25) is 4.79 Å². The molecular weight excluding hydrogens is 378 g/mol. The van der Waals surface area contributed by atoms with Crippen molar-refractivity contribution in [1.82, 2.24) is 14.9 Å². The van der Waals surface area contributed by atoms with Gasteiger partial charge in [0.15, 0.2) is 0 Å². The predicted octanol–water partition coefficient (Wildman–Crippen LogP) is 1.83. The average molecular weight is 409 g/mol. The van der Waals surface area contributed by atoms with E-state index in [9.17, 15) is 4.79 Å². The lowest BCUT2D eigenvalue weighted by Gasteiger charge is -2.37. The summed E-state index contributed by atoms with van der Waals surface area (Å²) in [5.41, 5.74) is 0.00593. The van der Waals surface area contributed by atoms with E-state index in [1.165, 1.54) is 0 Å². The lowest BCUT2D eigenvalue weighted by molar-refractivity contribution is -0.131. The third-order valence-corrected chi connectivity index (χ3v) is 6.30. The number of likely N-dealkylation sites (N-methyl/N-ethyl adjacent to an activating group) is 1. The summed E-state index contributed by atoms with van der Waals surface area (Å²) in [4.78, 5) is 25.0. The Morgan fingerprint density at radius 1 is 1.25 bits per heavy atom. The second-order valence-electron chi connectivity index (χ2n) is 8.66. The number of aromatic nitrogens is 2. The van der Waals surface area contributed by atoms with E-state index in [1.807, 2.05) is 44.5 Å². The Kier molecular flexibility index (Phi) is 6.22. The molecule has 2 fully saturated rings. The van der Waals surface area contributed by atoms with Crippen LogP contribution in [0.5, 0.6) is 0 Å². The van der Waals surface area contributed by atoms with E-state index in [2.05, 4.69) is 9.97 Å². The van der Waals surface area contributed by atoms with Crippen LogP contribution < -0.4 is 10.4 Å². The van der Waals surface area contributed by atoms with E-state index < -0.39 is 18.3 Å². The lowest BCUT2D eigenvalue weighted by atomic mass is 9.81. The third kappa shape index (κ3) is 4.29. The van der Waals surface area contributed by atoms with Gasteiger partial charge < -0.3 is 19.1 Å². The van der Waals surface area contributed by atoms with Gasteiger partial charge in [-0.2, -0.15) is 0 Å². The molecule has 0 bridgehead atoms. The Labute approximate surface area is 172 Å². The van der Waals surface area contributed by atoms with E-state index >= 15 is 0 Å². The fraction of sp³-hybridized carbons (Fsp3) is 0.737. The van der Waals surface area contributed by atoms with Crippen LogP contribution in [0.25, 0.3) is 0 Å². The highest BCUT2D eigenvalue weighted by atomic mass is 35.5. The van der Waals surface area contributed by atoms with E-state index in [0.717, 1.165) is 31.3 Å². The van der Waals surface area contributed by atoms with Gasteiger partial charge in [0.2, 0.25) is 11.9 Å². The number of anilines is 1. The molecule has 2 aliphatic heterocycles. The molecule has 0 unspecified atom stereocenters. The highest BCUT2D eigenvalue weighted by molar-refractivity contribution is 6.61. The van der Waals surface area contributed by atoms with Crippen molar-refractivity contribution >= 4 is 36.0 Å². The van der Waals surface area contributed by atoms with Crippen molar-refractivity contribution in [3.8, 4) is 0 Å². The fourth-order valence-electron chi connectivity index (χ4n) is 3.62. The van der Waals surface area contributed by atoms with Crippen LogP contribution in [0.3, 0.4) is 0 Å². The minimum atomic E-state index is -0.473. The Bertz CT molecular complexity index is 685. The van der Waals surface area contributed by atoms with Crippen molar-refractivity contribution in [1.29, 1.82) is 0 Å². The van der Waals surface area contributed by atoms with Crippen LogP contribution in [-0.4, -0.2) is 71.2 Å². The summed E-state index contributed by atoms with van der Waals surface area (Å²) in [5.74, 6) is 0.639. The van der Waals surface area contributed by atoms with Gasteiger partial charge in [0.1, 0.15) is 5.88 Å². The van der Waals surface area contributed by atoms with Gasteiger partial charge in [-0.15, -0.1) is 11.6 Å². The molecule has 1 aromatic rings. The molecule has 28 heavy (non-hydrogen) atoms. The first-order chi connectivity index (χ1) is 13.1. The Morgan fingerprint density at radius 3 is 2.43 bits per heavy atom. The van der Waals surface area contributed by atoms with Crippen LogP contribution in [0.2, 0.25) is 0 Å². The first-order valence-electron chi connectivity index (χ1n) is 9.89. The normalized spacial score (nSPS) is 23.7. The van der Waals surface area contributed by atoms with Crippen LogP contribution in [0.4, 0.5) is 5.95 Å². The second-order valence-corrected chi connectivity index (χ2v) is 8.92. The van der Waals surface area contributed by atoms with Crippen LogP contribution >= 0.6 is 11.6 Å². The van der Waals surface area contributed by atoms with Gasteiger partial charge >= 0.3 is 7.12 Å². The second kappa shape index (κ2) is 8.16. The zero-order valence-corrected chi connectivity index (χ0v) is 18.2. The first kappa shape index (κ1) is 21.3. The molecule has 3 rings (SSSR count). The molecule has 1 aromatic heterocycles. The molecule has 154 valence electrons. The number of halogens is 1. The lowest BCUT2D eigenvalue weighted by Crippen LogP contribution is -2.49. The van der Waals surface area contributed by atoms with Crippen LogP contribution in [0.15, 0.2) is 12.4 Å². The maximum absolute atomic E-state index is 12.1. The van der Waals surface area contributed by atoms with Crippen molar-refractivity contribution in [3.63, 3.8) is 0 Å². The molecule has 0 saturated carbocycles. The Balaban J connectivity index is 1.65. The smallest absolute Gasteiger partial charge is 0.399 e. The van der Waals surface area contributed by atoms with E-state index in [1.54, 1.807) is 12.4 Å². The molecule has 2 aliphatic rings. The number of piperidine rings is 1. The number of amides is 1. The zero-order chi connectivity index (χ0) is 20.5. The van der Waals surface area contributed by atoms with Crippen LogP contribution in [0.1, 0.15) is 47.0 Å². The van der Waals surface area contributed by atoms with E-state index in [4.69, 9.17) is 20.9 Å². The molecular formula is C19H30BClN4O3. The zero-order valence-electron chi connectivity index (χ0n) is 17.4. The summed E-state index contributed by atoms with van der Waals surface area (Å²) in [6.45, 7) is 9.54. The number of carbonyl (C=O) groups excluding carboxylic acids is 1. The maximum Gasteiger partial charge on any atom is 0.498 e.